The molecule has 36 heavy (non-hydrogen) atoms. The predicted molar refractivity (Wildman–Crippen MR) is 143 cm³/mol. The van der Waals surface area contributed by atoms with Crippen molar-refractivity contribution >= 4 is 39.0 Å². The second-order valence-corrected chi connectivity index (χ2v) is 10.9. The molecule has 2 N–H and O–H groups in total. The van der Waals surface area contributed by atoms with Gasteiger partial charge < -0.3 is 15.5 Å². The van der Waals surface area contributed by atoms with Crippen LogP contribution in [-0.4, -0.2) is 52.7 Å². The first-order valence-corrected chi connectivity index (χ1v) is 13.4. The van der Waals surface area contributed by atoms with Gasteiger partial charge in [-0.1, -0.05) is 38.1 Å². The normalized spacial score (nSPS) is 17.1. The highest BCUT2D eigenvalue weighted by Crippen LogP contribution is 2.26. The summed E-state index contributed by atoms with van der Waals surface area (Å²) in [4.78, 5) is 47.2. The lowest BCUT2D eigenvalue weighted by Gasteiger charge is -2.33. The summed E-state index contributed by atoms with van der Waals surface area (Å²) in [6.45, 7) is 7.16. The standard InChI is InChI=1S/C28H34N4O3S/c1-18(2)14-22(31-27(34)26-15-20-9-4-5-12-25(20)36-26)28(35)32(17-21-10-6-8-19(3)30-21)23-11-7-13-29-16-24(23)33/h4-6,8-10,12,15,18,22-23,29H,7,11,13-14,16-17H2,1-3H3,(H,31,34)/t22?,23-/m0/s1. The van der Waals surface area contributed by atoms with Crippen molar-refractivity contribution in [3.05, 3.63) is 64.8 Å². The minimum Gasteiger partial charge on any atom is -0.340 e. The molecule has 2 aromatic heterocycles. The van der Waals surface area contributed by atoms with E-state index in [2.05, 4.69) is 15.6 Å². The molecule has 4 rings (SSSR count). The highest BCUT2D eigenvalue weighted by atomic mass is 32.1. The Morgan fingerprint density at radius 1 is 1.19 bits per heavy atom. The summed E-state index contributed by atoms with van der Waals surface area (Å²) in [5.41, 5.74) is 1.58. The summed E-state index contributed by atoms with van der Waals surface area (Å²) in [5, 5.41) is 7.16. The van der Waals surface area contributed by atoms with E-state index in [0.29, 0.717) is 17.7 Å². The minimum atomic E-state index is -0.739. The van der Waals surface area contributed by atoms with E-state index in [-0.39, 0.29) is 36.6 Å². The number of hydrogen-bond acceptors (Lipinski definition) is 6. The Bertz CT molecular complexity index is 1210. The average Bonchev–Trinajstić information content (AvgIpc) is 3.17. The summed E-state index contributed by atoms with van der Waals surface area (Å²) in [7, 11) is 0. The molecule has 1 saturated heterocycles. The van der Waals surface area contributed by atoms with Gasteiger partial charge in [0.05, 0.1) is 29.7 Å². The molecular weight excluding hydrogens is 472 g/mol. The van der Waals surface area contributed by atoms with Gasteiger partial charge in [0.1, 0.15) is 6.04 Å². The minimum absolute atomic E-state index is 0.00682. The molecule has 1 aliphatic rings. The molecule has 1 unspecified atom stereocenters. The van der Waals surface area contributed by atoms with Crippen LogP contribution < -0.4 is 10.6 Å². The number of carbonyl (C=O) groups is 3. The fourth-order valence-corrected chi connectivity index (χ4v) is 5.63. The lowest BCUT2D eigenvalue weighted by atomic mass is 9.99. The fourth-order valence-electron chi connectivity index (χ4n) is 4.66. The van der Waals surface area contributed by atoms with Crippen LogP contribution in [0.15, 0.2) is 48.5 Å². The van der Waals surface area contributed by atoms with Crippen molar-refractivity contribution in [2.45, 2.75) is 58.7 Å². The predicted octanol–water partition coefficient (Wildman–Crippen LogP) is 4.10. The SMILES string of the molecule is Cc1cccc(CN(C(=O)C(CC(C)C)NC(=O)c2cc3ccccc3s2)[C@H]2CCCNCC2=O)n1. The average molecular weight is 507 g/mol. The number of aryl methyl sites for hydroxylation is 1. The van der Waals surface area contributed by atoms with Crippen LogP contribution in [0.5, 0.6) is 0 Å². The molecule has 0 aliphatic carbocycles. The molecule has 3 heterocycles. The first kappa shape index (κ1) is 26.0. The molecule has 1 fully saturated rings. The van der Waals surface area contributed by atoms with Crippen molar-refractivity contribution in [2.24, 2.45) is 5.92 Å². The van der Waals surface area contributed by atoms with E-state index in [9.17, 15) is 14.4 Å². The molecule has 0 saturated carbocycles. The summed E-state index contributed by atoms with van der Waals surface area (Å²) in [6, 6.07) is 14.1. The van der Waals surface area contributed by atoms with Crippen molar-refractivity contribution < 1.29 is 14.4 Å². The van der Waals surface area contributed by atoms with E-state index in [4.69, 9.17) is 0 Å². The van der Waals surface area contributed by atoms with Crippen LogP contribution in [0.1, 0.15) is 54.2 Å². The van der Waals surface area contributed by atoms with Crippen molar-refractivity contribution in [1.82, 2.24) is 20.5 Å². The van der Waals surface area contributed by atoms with Crippen LogP contribution >= 0.6 is 11.3 Å². The zero-order chi connectivity index (χ0) is 25.7. The van der Waals surface area contributed by atoms with Gasteiger partial charge in [0.25, 0.3) is 5.91 Å². The topological polar surface area (TPSA) is 91.4 Å². The maximum atomic E-state index is 14.1. The van der Waals surface area contributed by atoms with Crippen LogP contribution in [-0.2, 0) is 16.1 Å². The lowest BCUT2D eigenvalue weighted by Crippen LogP contribution is -2.54. The molecule has 1 aliphatic heterocycles. The van der Waals surface area contributed by atoms with Crippen LogP contribution in [0, 0.1) is 12.8 Å². The number of ketones is 1. The van der Waals surface area contributed by atoms with Gasteiger partial charge in [-0.15, -0.1) is 11.3 Å². The number of amides is 2. The Morgan fingerprint density at radius 2 is 2.00 bits per heavy atom. The number of fused-ring (bicyclic) bond motifs is 1. The number of nitrogens with zero attached hydrogens (tertiary/aromatic N) is 2. The van der Waals surface area contributed by atoms with Crippen molar-refractivity contribution in [2.75, 3.05) is 13.1 Å². The number of thiophene rings is 1. The lowest BCUT2D eigenvalue weighted by molar-refractivity contribution is -0.142. The molecule has 2 amide bonds. The molecule has 1 aromatic carbocycles. The van der Waals surface area contributed by atoms with Gasteiger partial charge in [0.2, 0.25) is 5.91 Å². The van der Waals surface area contributed by atoms with Gasteiger partial charge in [-0.05, 0) is 68.3 Å². The van der Waals surface area contributed by atoms with Gasteiger partial charge in [0.15, 0.2) is 5.78 Å². The number of carbonyl (C=O) groups excluding carboxylic acids is 3. The summed E-state index contributed by atoms with van der Waals surface area (Å²) < 4.78 is 1.03. The van der Waals surface area contributed by atoms with Crippen LogP contribution in [0.25, 0.3) is 10.1 Å². The van der Waals surface area contributed by atoms with Gasteiger partial charge in [-0.2, -0.15) is 0 Å². The number of hydrogen-bond donors (Lipinski definition) is 2. The highest BCUT2D eigenvalue weighted by molar-refractivity contribution is 7.20. The van der Waals surface area contributed by atoms with Gasteiger partial charge >= 0.3 is 0 Å². The number of nitrogens with one attached hydrogen (secondary N) is 2. The molecule has 0 radical (unpaired) electrons. The number of benzene rings is 1. The Labute approximate surface area is 216 Å². The van der Waals surface area contributed by atoms with Gasteiger partial charge in [-0.25, -0.2) is 0 Å². The molecule has 190 valence electrons. The first-order chi connectivity index (χ1) is 17.3. The van der Waals surface area contributed by atoms with Crippen molar-refractivity contribution in [1.29, 1.82) is 0 Å². The molecule has 8 heteroatoms. The number of pyridine rings is 1. The second-order valence-electron chi connectivity index (χ2n) is 9.84. The molecule has 7 nitrogen and oxygen atoms in total. The monoisotopic (exact) mass is 506 g/mol. The highest BCUT2D eigenvalue weighted by Gasteiger charge is 2.35. The van der Waals surface area contributed by atoms with Crippen LogP contribution in [0.2, 0.25) is 0 Å². The maximum Gasteiger partial charge on any atom is 0.262 e. The van der Waals surface area contributed by atoms with Crippen molar-refractivity contribution in [3.8, 4) is 0 Å². The quantitative estimate of drug-likeness (QED) is 0.480. The van der Waals surface area contributed by atoms with Crippen LogP contribution in [0.3, 0.4) is 0 Å². The third-order valence-electron chi connectivity index (χ3n) is 6.40. The van der Waals surface area contributed by atoms with Gasteiger partial charge in [0, 0.05) is 10.4 Å². The molecule has 2 atom stereocenters. The number of Topliss-reactive ketones (excluding diaryl/α,β-unsaturated/α-hetero) is 1. The summed E-state index contributed by atoms with van der Waals surface area (Å²) >= 11 is 1.41. The first-order valence-electron chi connectivity index (χ1n) is 12.6. The van der Waals surface area contributed by atoms with E-state index in [1.54, 1.807) is 4.90 Å². The Morgan fingerprint density at radius 3 is 2.75 bits per heavy atom. The number of aromatic nitrogens is 1. The zero-order valence-corrected chi connectivity index (χ0v) is 21.9. The molecule has 0 spiro atoms. The zero-order valence-electron chi connectivity index (χ0n) is 21.1. The number of rotatable bonds is 8. The van der Waals surface area contributed by atoms with E-state index >= 15 is 0 Å². The fraction of sp³-hybridized carbons (Fsp3) is 0.429. The van der Waals surface area contributed by atoms with E-state index in [1.165, 1.54) is 11.3 Å². The molecular formula is C28H34N4O3S. The largest absolute Gasteiger partial charge is 0.340 e. The summed E-state index contributed by atoms with van der Waals surface area (Å²) in [5.74, 6) is -0.334. The van der Waals surface area contributed by atoms with E-state index < -0.39 is 12.1 Å². The second kappa shape index (κ2) is 11.8. The Kier molecular flexibility index (Phi) is 8.48. The maximum absolute atomic E-state index is 14.1. The third-order valence-corrected chi connectivity index (χ3v) is 7.51. The van der Waals surface area contributed by atoms with Crippen LogP contribution in [0.4, 0.5) is 0 Å². The van der Waals surface area contributed by atoms with Gasteiger partial charge in [-0.3, -0.25) is 19.4 Å². The van der Waals surface area contributed by atoms with E-state index in [0.717, 1.165) is 34.4 Å². The smallest absolute Gasteiger partial charge is 0.262 e. The Hall–Kier alpha value is -3.10. The van der Waals surface area contributed by atoms with E-state index in [1.807, 2.05) is 69.3 Å². The third kappa shape index (κ3) is 6.36. The summed E-state index contributed by atoms with van der Waals surface area (Å²) in [6.07, 6.45) is 1.86. The molecule has 3 aromatic rings. The molecule has 0 bridgehead atoms. The van der Waals surface area contributed by atoms with Crippen molar-refractivity contribution in [3.63, 3.8) is 0 Å². The Balaban J connectivity index is 1.63.